The third kappa shape index (κ3) is 6.26. The molecule has 0 radical (unpaired) electrons. The highest BCUT2D eigenvalue weighted by molar-refractivity contribution is 7.92. The molecule has 35 heavy (non-hydrogen) atoms. The molecule has 3 aromatic carbocycles. The molecule has 8 heteroatoms. The van der Waals surface area contributed by atoms with E-state index in [1.54, 1.807) is 24.3 Å². The molecule has 0 bridgehead atoms. The number of para-hydroxylation sites is 1. The Labute approximate surface area is 206 Å². The van der Waals surface area contributed by atoms with Crippen LogP contribution in [0.1, 0.15) is 29.5 Å². The van der Waals surface area contributed by atoms with Crippen molar-refractivity contribution in [2.75, 3.05) is 23.1 Å². The summed E-state index contributed by atoms with van der Waals surface area (Å²) < 4.78 is 41.4. The molecule has 0 aliphatic carbocycles. The van der Waals surface area contributed by atoms with E-state index in [0.717, 1.165) is 49.2 Å². The third-order valence-corrected chi connectivity index (χ3v) is 7.79. The standard InChI is InChI=1S/C27H30FN3O3S/c1-19-4-3-5-20(2)26(19)30-35(33,34)25-12-10-24(11-13-25)29-27(32)22-14-16-31(17-15-22)18-21-6-8-23(28)9-7-21/h3-13,22,30H,14-18H2,1-2H3,(H,29,32). The number of amides is 1. The van der Waals surface area contributed by atoms with E-state index in [1.165, 1.54) is 24.3 Å². The van der Waals surface area contributed by atoms with Gasteiger partial charge >= 0.3 is 0 Å². The Morgan fingerprint density at radius 2 is 1.54 bits per heavy atom. The summed E-state index contributed by atoms with van der Waals surface area (Å²) in [7, 11) is -3.75. The molecule has 1 saturated heterocycles. The van der Waals surface area contributed by atoms with E-state index in [4.69, 9.17) is 0 Å². The predicted octanol–water partition coefficient (Wildman–Crippen LogP) is 5.09. The Balaban J connectivity index is 1.31. The number of halogens is 1. The lowest BCUT2D eigenvalue weighted by Gasteiger charge is -2.31. The minimum atomic E-state index is -3.75. The first-order chi connectivity index (χ1) is 16.7. The molecule has 1 fully saturated rings. The van der Waals surface area contributed by atoms with Gasteiger partial charge in [0.25, 0.3) is 10.0 Å². The third-order valence-electron chi connectivity index (χ3n) is 6.43. The normalized spacial score (nSPS) is 15.1. The molecule has 1 aliphatic rings. The number of likely N-dealkylation sites (tertiary alicyclic amines) is 1. The van der Waals surface area contributed by atoms with E-state index in [1.807, 2.05) is 32.0 Å². The van der Waals surface area contributed by atoms with Crippen molar-refractivity contribution in [2.24, 2.45) is 5.92 Å². The van der Waals surface area contributed by atoms with E-state index in [9.17, 15) is 17.6 Å². The van der Waals surface area contributed by atoms with Crippen molar-refractivity contribution in [2.45, 2.75) is 38.1 Å². The van der Waals surface area contributed by atoms with Gasteiger partial charge < -0.3 is 5.32 Å². The van der Waals surface area contributed by atoms with Crippen molar-refractivity contribution >= 4 is 27.3 Å². The summed E-state index contributed by atoms with van der Waals surface area (Å²) in [6.45, 7) is 6.03. The molecule has 0 saturated carbocycles. The SMILES string of the molecule is Cc1cccc(C)c1NS(=O)(=O)c1ccc(NC(=O)C2CCN(Cc3ccc(F)cc3)CC2)cc1. The molecular weight excluding hydrogens is 465 g/mol. The highest BCUT2D eigenvalue weighted by atomic mass is 32.2. The summed E-state index contributed by atoms with van der Waals surface area (Å²) in [6, 6.07) is 18.3. The minimum absolute atomic E-state index is 0.0595. The Morgan fingerprint density at radius 1 is 0.943 bits per heavy atom. The van der Waals surface area contributed by atoms with Gasteiger partial charge in [-0.2, -0.15) is 0 Å². The minimum Gasteiger partial charge on any atom is -0.326 e. The van der Waals surface area contributed by atoms with Gasteiger partial charge in [-0.15, -0.1) is 0 Å². The van der Waals surface area contributed by atoms with E-state index in [2.05, 4.69) is 14.9 Å². The molecule has 1 aliphatic heterocycles. The molecular formula is C27H30FN3O3S. The smallest absolute Gasteiger partial charge is 0.261 e. The van der Waals surface area contributed by atoms with Gasteiger partial charge in [0.2, 0.25) is 5.91 Å². The quantitative estimate of drug-likeness (QED) is 0.478. The Hall–Kier alpha value is -3.23. The van der Waals surface area contributed by atoms with Crippen LogP contribution >= 0.6 is 0 Å². The van der Waals surface area contributed by atoms with Crippen molar-refractivity contribution in [3.8, 4) is 0 Å². The van der Waals surface area contributed by atoms with Crippen LogP contribution < -0.4 is 10.0 Å². The molecule has 0 spiro atoms. The lowest BCUT2D eigenvalue weighted by molar-refractivity contribution is -0.121. The molecule has 184 valence electrons. The fraction of sp³-hybridized carbons (Fsp3) is 0.296. The number of aryl methyl sites for hydroxylation is 2. The van der Waals surface area contributed by atoms with Crippen LogP contribution in [0.15, 0.2) is 71.6 Å². The number of carbonyl (C=O) groups excluding carboxylic acids is 1. The molecule has 0 unspecified atom stereocenters. The highest BCUT2D eigenvalue weighted by Crippen LogP contribution is 2.25. The van der Waals surface area contributed by atoms with Crippen LogP contribution in [0.3, 0.4) is 0 Å². The van der Waals surface area contributed by atoms with Crippen LogP contribution in [0, 0.1) is 25.6 Å². The Bertz CT molecular complexity index is 1260. The number of sulfonamides is 1. The van der Waals surface area contributed by atoms with Gasteiger partial charge in [0, 0.05) is 18.2 Å². The zero-order valence-corrected chi connectivity index (χ0v) is 20.7. The summed E-state index contributed by atoms with van der Waals surface area (Å²) in [5, 5.41) is 2.91. The molecule has 0 aromatic heterocycles. The zero-order chi connectivity index (χ0) is 25.0. The van der Waals surface area contributed by atoms with Crippen LogP contribution in [0.2, 0.25) is 0 Å². The number of hydrogen-bond acceptors (Lipinski definition) is 4. The number of benzene rings is 3. The van der Waals surface area contributed by atoms with Crippen molar-refractivity contribution < 1.29 is 17.6 Å². The second-order valence-electron chi connectivity index (χ2n) is 9.06. The molecule has 3 aromatic rings. The van der Waals surface area contributed by atoms with E-state index in [-0.39, 0.29) is 22.5 Å². The van der Waals surface area contributed by atoms with E-state index < -0.39 is 10.0 Å². The van der Waals surface area contributed by atoms with Gasteiger partial charge in [0.1, 0.15) is 5.82 Å². The molecule has 1 heterocycles. The number of rotatable bonds is 7. The van der Waals surface area contributed by atoms with Crippen LogP contribution in [-0.4, -0.2) is 32.3 Å². The van der Waals surface area contributed by atoms with Gasteiger partial charge in [0.15, 0.2) is 0 Å². The van der Waals surface area contributed by atoms with Crippen LogP contribution in [-0.2, 0) is 21.4 Å². The largest absolute Gasteiger partial charge is 0.326 e. The Morgan fingerprint density at radius 3 is 2.14 bits per heavy atom. The van der Waals surface area contributed by atoms with Crippen molar-refractivity contribution in [3.05, 3.63) is 89.2 Å². The predicted molar refractivity (Wildman–Crippen MR) is 136 cm³/mol. The van der Waals surface area contributed by atoms with Crippen molar-refractivity contribution in [1.29, 1.82) is 0 Å². The summed E-state index contributed by atoms with van der Waals surface area (Å²) in [6.07, 6.45) is 1.47. The fourth-order valence-corrected chi connectivity index (χ4v) is 5.53. The second kappa shape index (κ2) is 10.6. The summed E-state index contributed by atoms with van der Waals surface area (Å²) in [4.78, 5) is 15.2. The van der Waals surface area contributed by atoms with Gasteiger partial charge in [-0.05, 0) is 92.9 Å². The monoisotopic (exact) mass is 495 g/mol. The average molecular weight is 496 g/mol. The topological polar surface area (TPSA) is 78.5 Å². The summed E-state index contributed by atoms with van der Waals surface area (Å²) >= 11 is 0. The maximum absolute atomic E-state index is 13.1. The first-order valence-electron chi connectivity index (χ1n) is 11.7. The number of hydrogen-bond donors (Lipinski definition) is 2. The maximum atomic E-state index is 13.1. The van der Waals surface area contributed by atoms with Crippen LogP contribution in [0.25, 0.3) is 0 Å². The van der Waals surface area contributed by atoms with E-state index >= 15 is 0 Å². The van der Waals surface area contributed by atoms with Gasteiger partial charge in [-0.1, -0.05) is 30.3 Å². The average Bonchev–Trinajstić information content (AvgIpc) is 2.84. The van der Waals surface area contributed by atoms with Gasteiger partial charge in [0.05, 0.1) is 10.6 Å². The van der Waals surface area contributed by atoms with Crippen LogP contribution in [0.5, 0.6) is 0 Å². The number of nitrogens with zero attached hydrogens (tertiary/aromatic N) is 1. The summed E-state index contributed by atoms with van der Waals surface area (Å²) in [5.74, 6) is -0.406. The van der Waals surface area contributed by atoms with Crippen molar-refractivity contribution in [3.63, 3.8) is 0 Å². The number of carbonyl (C=O) groups is 1. The number of piperidine rings is 1. The molecule has 0 atom stereocenters. The van der Waals surface area contributed by atoms with Crippen LogP contribution in [0.4, 0.5) is 15.8 Å². The lowest BCUT2D eigenvalue weighted by atomic mass is 9.95. The first-order valence-corrected chi connectivity index (χ1v) is 13.2. The first kappa shape index (κ1) is 24.9. The molecule has 4 rings (SSSR count). The second-order valence-corrected chi connectivity index (χ2v) is 10.7. The highest BCUT2D eigenvalue weighted by Gasteiger charge is 2.25. The number of nitrogens with one attached hydrogen (secondary N) is 2. The van der Waals surface area contributed by atoms with E-state index in [0.29, 0.717) is 11.4 Å². The van der Waals surface area contributed by atoms with Crippen molar-refractivity contribution in [1.82, 2.24) is 4.90 Å². The van der Waals surface area contributed by atoms with Gasteiger partial charge in [-0.3, -0.25) is 14.4 Å². The number of anilines is 2. The molecule has 2 N–H and O–H groups in total. The summed E-state index contributed by atoms with van der Waals surface area (Å²) in [5.41, 5.74) is 3.89. The molecule has 1 amide bonds. The maximum Gasteiger partial charge on any atom is 0.261 e. The lowest BCUT2D eigenvalue weighted by Crippen LogP contribution is -2.37. The zero-order valence-electron chi connectivity index (χ0n) is 19.9. The molecule has 6 nitrogen and oxygen atoms in total. The fourth-order valence-electron chi connectivity index (χ4n) is 4.33. The Kier molecular flexibility index (Phi) is 7.52. The van der Waals surface area contributed by atoms with Gasteiger partial charge in [-0.25, -0.2) is 12.8 Å².